The maximum Gasteiger partial charge on any atom is 0.231 e. The molecule has 0 spiro atoms. The van der Waals surface area contributed by atoms with Crippen LogP contribution in [-0.4, -0.2) is 55.9 Å². The summed E-state index contributed by atoms with van der Waals surface area (Å²) in [5, 5.41) is 2.81. The summed E-state index contributed by atoms with van der Waals surface area (Å²) in [6.07, 6.45) is 3.38. The van der Waals surface area contributed by atoms with Crippen molar-refractivity contribution in [1.82, 2.24) is 29.7 Å². The summed E-state index contributed by atoms with van der Waals surface area (Å²) < 4.78 is 1.94. The summed E-state index contributed by atoms with van der Waals surface area (Å²) in [6.45, 7) is 5.58. The Bertz CT molecular complexity index is 855. The zero-order chi connectivity index (χ0) is 17.8. The highest BCUT2D eigenvalue weighted by Gasteiger charge is 2.51. The van der Waals surface area contributed by atoms with Crippen LogP contribution in [0.2, 0.25) is 0 Å². The summed E-state index contributed by atoms with van der Waals surface area (Å²) in [4.78, 5) is 39.0. The van der Waals surface area contributed by atoms with Crippen molar-refractivity contribution in [3.63, 3.8) is 0 Å². The van der Waals surface area contributed by atoms with E-state index in [2.05, 4.69) is 20.3 Å². The minimum atomic E-state index is -0.633. The van der Waals surface area contributed by atoms with Gasteiger partial charge in [0.25, 0.3) is 0 Å². The second-order valence-corrected chi connectivity index (χ2v) is 7.21. The minimum absolute atomic E-state index is 0.0492. The van der Waals surface area contributed by atoms with Gasteiger partial charge in [-0.1, -0.05) is 13.8 Å². The zero-order valence-electron chi connectivity index (χ0n) is 14.3. The molecule has 0 bridgehead atoms. The number of nitrogens with two attached hydrogens (primary N) is 1. The summed E-state index contributed by atoms with van der Waals surface area (Å²) in [6, 6.07) is 0.109. The number of hydrogen-bond acceptors (Lipinski definition) is 6. The first-order chi connectivity index (χ1) is 11.9. The number of rotatable bonds is 3. The molecule has 1 unspecified atom stereocenters. The number of imidazole rings is 1. The quantitative estimate of drug-likeness (QED) is 0.807. The van der Waals surface area contributed by atoms with Crippen molar-refractivity contribution in [3.8, 4) is 0 Å². The molecule has 0 saturated carbocycles. The molecule has 2 amide bonds. The summed E-state index contributed by atoms with van der Waals surface area (Å²) in [5.41, 5.74) is 6.45. The van der Waals surface area contributed by atoms with Crippen molar-refractivity contribution in [2.24, 2.45) is 11.3 Å². The van der Waals surface area contributed by atoms with Gasteiger partial charge >= 0.3 is 0 Å². The van der Waals surface area contributed by atoms with E-state index in [1.807, 2.05) is 23.3 Å². The highest BCUT2D eigenvalue weighted by Crippen LogP contribution is 2.39. The Morgan fingerprint density at radius 1 is 1.36 bits per heavy atom. The predicted molar refractivity (Wildman–Crippen MR) is 90.3 cm³/mol. The van der Waals surface area contributed by atoms with E-state index >= 15 is 0 Å². The lowest BCUT2D eigenvalue weighted by atomic mass is 9.74. The number of anilines is 1. The molecule has 2 aromatic rings. The van der Waals surface area contributed by atoms with Gasteiger partial charge in [0.15, 0.2) is 11.5 Å². The number of amides is 2. The highest BCUT2D eigenvalue weighted by molar-refractivity contribution is 5.93. The van der Waals surface area contributed by atoms with Crippen LogP contribution in [-0.2, 0) is 9.59 Å². The van der Waals surface area contributed by atoms with Crippen molar-refractivity contribution >= 4 is 28.8 Å². The van der Waals surface area contributed by atoms with Gasteiger partial charge in [0.05, 0.1) is 17.8 Å². The molecule has 25 heavy (non-hydrogen) atoms. The standard InChI is InChI=1S/C16H21N7O2/c1-9(2)16(3-11(24)18-6-16)15(25)22-4-10(5-22)23-8-21-12-13(17)19-7-20-14(12)23/h7-10H,3-6H2,1-2H3,(H,18,24)(H2,17,19,20). The monoisotopic (exact) mass is 343 g/mol. The molecular formula is C16H21N7O2. The lowest BCUT2D eigenvalue weighted by molar-refractivity contribution is -0.150. The number of nitrogen functional groups attached to an aromatic ring is 1. The van der Waals surface area contributed by atoms with Crippen molar-refractivity contribution < 1.29 is 9.59 Å². The van der Waals surface area contributed by atoms with Crippen LogP contribution in [0.4, 0.5) is 5.82 Å². The molecule has 132 valence electrons. The average Bonchev–Trinajstić information content (AvgIpc) is 3.12. The van der Waals surface area contributed by atoms with E-state index in [1.54, 1.807) is 6.33 Å². The Balaban J connectivity index is 1.52. The van der Waals surface area contributed by atoms with Gasteiger partial charge in [0, 0.05) is 26.1 Å². The van der Waals surface area contributed by atoms with Crippen LogP contribution in [0.25, 0.3) is 11.2 Å². The normalized spacial score (nSPS) is 24.0. The van der Waals surface area contributed by atoms with Crippen LogP contribution in [0.1, 0.15) is 26.3 Å². The van der Waals surface area contributed by atoms with Gasteiger partial charge in [-0.05, 0) is 5.92 Å². The fourth-order valence-corrected chi connectivity index (χ4v) is 3.72. The number of fused-ring (bicyclic) bond motifs is 1. The third kappa shape index (κ3) is 2.25. The second-order valence-electron chi connectivity index (χ2n) is 7.21. The molecular weight excluding hydrogens is 322 g/mol. The van der Waals surface area contributed by atoms with Gasteiger partial charge in [-0.25, -0.2) is 15.0 Å². The SMILES string of the molecule is CC(C)C1(C(=O)N2CC(n3cnc4c(N)ncnc43)C2)CNC(=O)C1. The van der Waals surface area contributed by atoms with Crippen molar-refractivity contribution in [1.29, 1.82) is 0 Å². The molecule has 1 atom stereocenters. The number of carbonyl (C=O) groups excluding carboxylic acids is 2. The van der Waals surface area contributed by atoms with Gasteiger partial charge in [-0.2, -0.15) is 0 Å². The predicted octanol–water partition coefficient (Wildman–Crippen LogP) is -0.0459. The van der Waals surface area contributed by atoms with E-state index < -0.39 is 5.41 Å². The third-order valence-corrected chi connectivity index (χ3v) is 5.54. The van der Waals surface area contributed by atoms with Crippen LogP contribution in [0.3, 0.4) is 0 Å². The van der Waals surface area contributed by atoms with E-state index in [0.29, 0.717) is 36.6 Å². The molecule has 2 saturated heterocycles. The number of hydrogen-bond donors (Lipinski definition) is 2. The molecule has 2 aromatic heterocycles. The molecule has 3 N–H and O–H groups in total. The summed E-state index contributed by atoms with van der Waals surface area (Å²) in [7, 11) is 0. The Morgan fingerprint density at radius 2 is 2.12 bits per heavy atom. The molecule has 9 heteroatoms. The number of likely N-dealkylation sites (tertiary alicyclic amines) is 1. The largest absolute Gasteiger partial charge is 0.382 e. The van der Waals surface area contributed by atoms with Gasteiger partial charge in [0.1, 0.15) is 11.8 Å². The van der Waals surface area contributed by atoms with Gasteiger partial charge in [0.2, 0.25) is 11.8 Å². The average molecular weight is 343 g/mol. The Labute approximate surface area is 144 Å². The van der Waals surface area contributed by atoms with Crippen LogP contribution in [0, 0.1) is 11.3 Å². The van der Waals surface area contributed by atoms with E-state index in [0.717, 1.165) is 0 Å². The Hall–Kier alpha value is -2.71. The van der Waals surface area contributed by atoms with E-state index in [1.165, 1.54) is 6.33 Å². The number of aromatic nitrogens is 4. The Kier molecular flexibility index (Phi) is 3.41. The molecule has 2 aliphatic heterocycles. The molecule has 9 nitrogen and oxygen atoms in total. The first kappa shape index (κ1) is 15.8. The van der Waals surface area contributed by atoms with Gasteiger partial charge in [-0.3, -0.25) is 9.59 Å². The molecule has 0 aromatic carbocycles. The Morgan fingerprint density at radius 3 is 2.76 bits per heavy atom. The molecule has 0 aliphatic carbocycles. The van der Waals surface area contributed by atoms with Crippen molar-refractivity contribution in [2.75, 3.05) is 25.4 Å². The first-order valence-corrected chi connectivity index (χ1v) is 8.41. The van der Waals surface area contributed by atoms with Crippen molar-refractivity contribution in [2.45, 2.75) is 26.3 Å². The maximum atomic E-state index is 13.0. The van der Waals surface area contributed by atoms with Gasteiger partial charge in [-0.15, -0.1) is 0 Å². The summed E-state index contributed by atoms with van der Waals surface area (Å²) in [5.74, 6) is 0.451. The molecule has 2 aliphatic rings. The van der Waals surface area contributed by atoms with Gasteiger partial charge < -0.3 is 20.5 Å². The smallest absolute Gasteiger partial charge is 0.231 e. The van der Waals surface area contributed by atoms with E-state index in [-0.39, 0.29) is 30.2 Å². The van der Waals surface area contributed by atoms with E-state index in [4.69, 9.17) is 5.73 Å². The van der Waals surface area contributed by atoms with Crippen LogP contribution in [0.5, 0.6) is 0 Å². The maximum absolute atomic E-state index is 13.0. The van der Waals surface area contributed by atoms with Crippen molar-refractivity contribution in [3.05, 3.63) is 12.7 Å². The topological polar surface area (TPSA) is 119 Å². The zero-order valence-corrected chi connectivity index (χ0v) is 14.3. The highest BCUT2D eigenvalue weighted by atomic mass is 16.2. The first-order valence-electron chi connectivity index (χ1n) is 8.41. The number of nitrogens with zero attached hydrogens (tertiary/aromatic N) is 5. The number of nitrogens with one attached hydrogen (secondary N) is 1. The third-order valence-electron chi connectivity index (χ3n) is 5.54. The molecule has 2 fully saturated rings. The molecule has 4 heterocycles. The molecule has 4 rings (SSSR count). The lowest BCUT2D eigenvalue weighted by Gasteiger charge is -2.45. The summed E-state index contributed by atoms with van der Waals surface area (Å²) >= 11 is 0. The molecule has 0 radical (unpaired) electrons. The van der Waals surface area contributed by atoms with Crippen LogP contribution in [0.15, 0.2) is 12.7 Å². The van der Waals surface area contributed by atoms with Crippen LogP contribution >= 0.6 is 0 Å². The lowest BCUT2D eigenvalue weighted by Crippen LogP contribution is -2.57. The fourth-order valence-electron chi connectivity index (χ4n) is 3.72. The van der Waals surface area contributed by atoms with E-state index in [9.17, 15) is 9.59 Å². The minimum Gasteiger partial charge on any atom is -0.382 e. The fraction of sp³-hybridized carbons (Fsp3) is 0.562. The van der Waals surface area contributed by atoms with Crippen LogP contribution < -0.4 is 11.1 Å². The second kappa shape index (κ2) is 5.40. The number of carbonyl (C=O) groups is 2.